The van der Waals surface area contributed by atoms with Gasteiger partial charge >= 0.3 is 0 Å². The molecule has 1 aromatic heterocycles. The Morgan fingerprint density at radius 3 is 2.86 bits per heavy atom. The summed E-state index contributed by atoms with van der Waals surface area (Å²) in [5.41, 5.74) is 2.67. The monoisotopic (exact) mass is 344 g/mol. The zero-order valence-electron chi connectivity index (χ0n) is 11.9. The molecule has 3 nitrogen and oxygen atoms in total. The van der Waals surface area contributed by atoms with E-state index in [1.807, 2.05) is 35.2 Å². The van der Waals surface area contributed by atoms with Gasteiger partial charge in [0.15, 0.2) is 0 Å². The molecular weight excluding hydrogens is 328 g/mol. The molecule has 1 aliphatic heterocycles. The van der Waals surface area contributed by atoms with Crippen molar-refractivity contribution >= 4 is 21.8 Å². The number of carbonyl (C=O) groups excluding carboxylic acids is 1. The third-order valence-corrected chi connectivity index (χ3v) is 4.68. The van der Waals surface area contributed by atoms with Crippen molar-refractivity contribution < 1.29 is 4.79 Å². The number of halogens is 1. The molecule has 1 unspecified atom stereocenters. The lowest BCUT2D eigenvalue weighted by Gasteiger charge is -2.21. The maximum atomic E-state index is 12.6. The lowest BCUT2D eigenvalue weighted by Crippen LogP contribution is -2.33. The van der Waals surface area contributed by atoms with Crippen LogP contribution in [-0.4, -0.2) is 28.4 Å². The standard InChI is InChI=1S/C17H17BrN2O/c1-12-5-4-8-20(12)17(21)14-9-13(10-19-11-14)15-6-2-3-7-16(15)18/h2-3,6-7,9-12H,4-5,8H2,1H3. The second-order valence-corrected chi connectivity index (χ2v) is 6.29. The van der Waals surface area contributed by atoms with Crippen molar-refractivity contribution in [1.29, 1.82) is 0 Å². The lowest BCUT2D eigenvalue weighted by molar-refractivity contribution is 0.0747. The van der Waals surface area contributed by atoms with Crippen LogP contribution in [0.15, 0.2) is 47.2 Å². The molecule has 2 aromatic rings. The lowest BCUT2D eigenvalue weighted by atomic mass is 10.1. The second-order valence-electron chi connectivity index (χ2n) is 5.43. The highest BCUT2D eigenvalue weighted by Crippen LogP contribution is 2.28. The quantitative estimate of drug-likeness (QED) is 0.820. The van der Waals surface area contributed by atoms with E-state index in [-0.39, 0.29) is 5.91 Å². The van der Waals surface area contributed by atoms with E-state index in [4.69, 9.17) is 0 Å². The smallest absolute Gasteiger partial charge is 0.255 e. The molecule has 2 heterocycles. The van der Waals surface area contributed by atoms with Gasteiger partial charge in [0, 0.05) is 35.0 Å². The van der Waals surface area contributed by atoms with Crippen LogP contribution < -0.4 is 0 Å². The highest BCUT2D eigenvalue weighted by atomic mass is 79.9. The van der Waals surface area contributed by atoms with Crippen LogP contribution >= 0.6 is 15.9 Å². The summed E-state index contributed by atoms with van der Waals surface area (Å²) in [6.07, 6.45) is 5.63. The number of hydrogen-bond acceptors (Lipinski definition) is 2. The number of likely N-dealkylation sites (tertiary alicyclic amines) is 1. The SMILES string of the molecule is CC1CCCN1C(=O)c1cncc(-c2ccccc2Br)c1. The minimum atomic E-state index is 0.0846. The van der Waals surface area contributed by atoms with Crippen LogP contribution in [0.25, 0.3) is 11.1 Å². The molecule has 1 fully saturated rings. The van der Waals surface area contributed by atoms with E-state index < -0.39 is 0 Å². The molecule has 0 N–H and O–H groups in total. The van der Waals surface area contributed by atoms with Gasteiger partial charge in [0.05, 0.1) is 5.56 Å². The van der Waals surface area contributed by atoms with E-state index >= 15 is 0 Å². The number of nitrogens with zero attached hydrogens (tertiary/aromatic N) is 2. The van der Waals surface area contributed by atoms with Crippen molar-refractivity contribution in [2.45, 2.75) is 25.8 Å². The van der Waals surface area contributed by atoms with Crippen LogP contribution in [0.3, 0.4) is 0 Å². The molecule has 3 rings (SSSR count). The zero-order valence-corrected chi connectivity index (χ0v) is 13.5. The Morgan fingerprint density at radius 2 is 2.14 bits per heavy atom. The molecule has 0 spiro atoms. The number of hydrogen-bond donors (Lipinski definition) is 0. The summed E-state index contributed by atoms with van der Waals surface area (Å²) in [5, 5.41) is 0. The van der Waals surface area contributed by atoms with Gasteiger partial charge in [-0.2, -0.15) is 0 Å². The van der Waals surface area contributed by atoms with Gasteiger partial charge in [-0.15, -0.1) is 0 Å². The Balaban J connectivity index is 1.94. The highest BCUT2D eigenvalue weighted by molar-refractivity contribution is 9.10. The van der Waals surface area contributed by atoms with Crippen molar-refractivity contribution in [1.82, 2.24) is 9.88 Å². The normalized spacial score (nSPS) is 18.0. The molecule has 108 valence electrons. The van der Waals surface area contributed by atoms with Gasteiger partial charge < -0.3 is 4.90 Å². The van der Waals surface area contributed by atoms with Gasteiger partial charge in [-0.25, -0.2) is 0 Å². The van der Waals surface area contributed by atoms with Gasteiger partial charge in [-0.1, -0.05) is 34.1 Å². The molecule has 0 radical (unpaired) electrons. The number of aromatic nitrogens is 1. The molecule has 0 bridgehead atoms. The van der Waals surface area contributed by atoms with Crippen LogP contribution in [0.4, 0.5) is 0 Å². The summed E-state index contributed by atoms with van der Waals surface area (Å²) >= 11 is 3.55. The molecule has 1 aromatic carbocycles. The minimum Gasteiger partial charge on any atom is -0.336 e. The zero-order chi connectivity index (χ0) is 14.8. The number of rotatable bonds is 2. The number of amides is 1. The maximum absolute atomic E-state index is 12.6. The molecular formula is C17H17BrN2O. The fourth-order valence-corrected chi connectivity index (χ4v) is 3.31. The summed E-state index contributed by atoms with van der Waals surface area (Å²) in [4.78, 5) is 18.8. The van der Waals surface area contributed by atoms with Crippen molar-refractivity contribution in [2.24, 2.45) is 0 Å². The van der Waals surface area contributed by atoms with Crippen LogP contribution in [0.1, 0.15) is 30.1 Å². The molecule has 0 saturated carbocycles. The predicted molar refractivity (Wildman–Crippen MR) is 87.1 cm³/mol. The Bertz CT molecular complexity index is 671. The summed E-state index contributed by atoms with van der Waals surface area (Å²) in [6, 6.07) is 10.2. The van der Waals surface area contributed by atoms with E-state index in [0.717, 1.165) is 35.0 Å². The second kappa shape index (κ2) is 5.98. The third-order valence-electron chi connectivity index (χ3n) is 3.98. The van der Waals surface area contributed by atoms with Crippen LogP contribution in [-0.2, 0) is 0 Å². The van der Waals surface area contributed by atoms with Gasteiger partial charge in [-0.05, 0) is 37.5 Å². The molecule has 0 aliphatic carbocycles. The van der Waals surface area contributed by atoms with Gasteiger partial charge in [0.25, 0.3) is 5.91 Å². The first-order chi connectivity index (χ1) is 10.2. The first-order valence-corrected chi connectivity index (χ1v) is 7.97. The van der Waals surface area contributed by atoms with Crippen LogP contribution in [0.5, 0.6) is 0 Å². The number of pyridine rings is 1. The van der Waals surface area contributed by atoms with E-state index in [1.54, 1.807) is 12.4 Å². The largest absolute Gasteiger partial charge is 0.336 e. The van der Waals surface area contributed by atoms with Gasteiger partial charge in [0.1, 0.15) is 0 Å². The number of carbonyl (C=O) groups is 1. The summed E-state index contributed by atoms with van der Waals surface area (Å²) in [7, 11) is 0. The molecule has 1 amide bonds. The molecule has 1 saturated heterocycles. The fraction of sp³-hybridized carbons (Fsp3) is 0.294. The summed E-state index contributed by atoms with van der Waals surface area (Å²) in [5.74, 6) is 0.0846. The van der Waals surface area contributed by atoms with Crippen molar-refractivity contribution in [3.63, 3.8) is 0 Å². The third kappa shape index (κ3) is 2.86. The maximum Gasteiger partial charge on any atom is 0.255 e. The van der Waals surface area contributed by atoms with Gasteiger partial charge in [-0.3, -0.25) is 9.78 Å². The number of benzene rings is 1. The summed E-state index contributed by atoms with van der Waals surface area (Å²) < 4.78 is 1.01. The van der Waals surface area contributed by atoms with Crippen molar-refractivity contribution in [3.05, 3.63) is 52.8 Å². The molecule has 1 atom stereocenters. The van der Waals surface area contributed by atoms with Gasteiger partial charge in [0.2, 0.25) is 0 Å². The Hall–Kier alpha value is -1.68. The average molecular weight is 345 g/mol. The highest BCUT2D eigenvalue weighted by Gasteiger charge is 2.26. The van der Waals surface area contributed by atoms with Crippen molar-refractivity contribution in [3.8, 4) is 11.1 Å². The Morgan fingerprint density at radius 1 is 1.33 bits per heavy atom. The fourth-order valence-electron chi connectivity index (χ4n) is 2.80. The van der Waals surface area contributed by atoms with Crippen LogP contribution in [0, 0.1) is 0 Å². The van der Waals surface area contributed by atoms with Crippen LogP contribution in [0.2, 0.25) is 0 Å². The predicted octanol–water partition coefficient (Wildman–Crippen LogP) is 4.14. The van der Waals surface area contributed by atoms with E-state index in [1.165, 1.54) is 0 Å². The van der Waals surface area contributed by atoms with E-state index in [9.17, 15) is 4.79 Å². The van der Waals surface area contributed by atoms with E-state index in [0.29, 0.717) is 11.6 Å². The molecule has 1 aliphatic rings. The minimum absolute atomic E-state index is 0.0846. The summed E-state index contributed by atoms with van der Waals surface area (Å²) in [6.45, 7) is 2.95. The first kappa shape index (κ1) is 14.3. The van der Waals surface area contributed by atoms with Crippen molar-refractivity contribution in [2.75, 3.05) is 6.54 Å². The topological polar surface area (TPSA) is 33.2 Å². The Kier molecular flexibility index (Phi) is 4.06. The molecule has 21 heavy (non-hydrogen) atoms. The van der Waals surface area contributed by atoms with E-state index in [2.05, 4.69) is 27.8 Å². The first-order valence-electron chi connectivity index (χ1n) is 7.18. The molecule has 4 heteroatoms. The Labute approximate surface area is 133 Å². The average Bonchev–Trinajstić information content (AvgIpc) is 2.93.